The van der Waals surface area contributed by atoms with Crippen LogP contribution in [0.15, 0.2) is 54.7 Å². The van der Waals surface area contributed by atoms with Crippen LogP contribution in [0.5, 0.6) is 5.88 Å². The van der Waals surface area contributed by atoms with Crippen molar-refractivity contribution in [3.8, 4) is 17.1 Å². The van der Waals surface area contributed by atoms with Crippen molar-refractivity contribution >= 4 is 11.4 Å². The number of ether oxygens (including phenoxy) is 1. The molecule has 1 N–H and O–H groups in total. The van der Waals surface area contributed by atoms with Gasteiger partial charge in [-0.05, 0) is 38.5 Å². The molecule has 7 heteroatoms. The van der Waals surface area contributed by atoms with Gasteiger partial charge in [0, 0.05) is 29.5 Å². The summed E-state index contributed by atoms with van der Waals surface area (Å²) in [6.45, 7) is 5.33. The van der Waals surface area contributed by atoms with E-state index in [0.717, 1.165) is 22.5 Å². The second kappa shape index (κ2) is 7.92. The molecule has 0 amide bonds. The van der Waals surface area contributed by atoms with Crippen molar-refractivity contribution in [2.75, 3.05) is 7.11 Å². The van der Waals surface area contributed by atoms with Gasteiger partial charge in [0.15, 0.2) is 11.4 Å². The molecule has 0 radical (unpaired) electrons. The number of nitrogens with zero attached hydrogens (tertiary/aromatic N) is 4. The van der Waals surface area contributed by atoms with E-state index in [1.807, 2.05) is 25.1 Å². The van der Waals surface area contributed by atoms with Gasteiger partial charge < -0.3 is 9.84 Å². The number of Topliss-reactive ketones (excluding diaryl/α,β-unsaturated/α-hetero) is 1. The Hall–Kier alpha value is -3.58. The lowest BCUT2D eigenvalue weighted by Gasteiger charge is -2.17. The van der Waals surface area contributed by atoms with Gasteiger partial charge in [0.2, 0.25) is 5.88 Å². The number of benzene rings is 1. The van der Waals surface area contributed by atoms with Crippen molar-refractivity contribution in [3.05, 3.63) is 77.2 Å². The van der Waals surface area contributed by atoms with Gasteiger partial charge in [-0.2, -0.15) is 5.10 Å². The van der Waals surface area contributed by atoms with Crippen LogP contribution >= 0.6 is 0 Å². The highest BCUT2D eigenvalue weighted by atomic mass is 16.5. The minimum Gasteiger partial charge on any atom is -0.481 e. The van der Waals surface area contributed by atoms with Crippen LogP contribution in [0.25, 0.3) is 16.9 Å². The lowest BCUT2D eigenvalue weighted by Crippen LogP contribution is -2.15. The SMILES string of the molecule is COc1ccc(-c2cc(CC(=O)c3ccc(C(C)(C)O)cc3)nc3cc(C)nn23)cn1. The Kier molecular flexibility index (Phi) is 5.29. The third-order valence-electron chi connectivity index (χ3n) is 5.10. The number of rotatable bonds is 6. The zero-order valence-corrected chi connectivity index (χ0v) is 18.0. The zero-order chi connectivity index (χ0) is 22.2. The molecule has 0 aliphatic heterocycles. The van der Waals surface area contributed by atoms with Gasteiger partial charge in [-0.15, -0.1) is 0 Å². The summed E-state index contributed by atoms with van der Waals surface area (Å²) >= 11 is 0. The summed E-state index contributed by atoms with van der Waals surface area (Å²) in [6.07, 6.45) is 1.87. The number of carbonyl (C=O) groups excluding carboxylic acids is 1. The van der Waals surface area contributed by atoms with Crippen molar-refractivity contribution in [2.24, 2.45) is 0 Å². The molecule has 0 saturated heterocycles. The number of pyridine rings is 1. The van der Waals surface area contributed by atoms with Gasteiger partial charge in [0.1, 0.15) is 0 Å². The molecule has 0 unspecified atom stereocenters. The Morgan fingerprint density at radius 2 is 1.87 bits per heavy atom. The normalized spacial score (nSPS) is 11.6. The summed E-state index contributed by atoms with van der Waals surface area (Å²) in [5.41, 5.74) is 4.18. The highest BCUT2D eigenvalue weighted by molar-refractivity contribution is 5.97. The van der Waals surface area contributed by atoms with Crippen LogP contribution in [0.4, 0.5) is 0 Å². The molecular formula is C24H24N4O3. The number of fused-ring (bicyclic) bond motifs is 1. The van der Waals surface area contributed by atoms with E-state index in [-0.39, 0.29) is 12.2 Å². The van der Waals surface area contributed by atoms with Gasteiger partial charge in [-0.1, -0.05) is 24.3 Å². The molecule has 0 saturated carbocycles. The minimum atomic E-state index is -0.949. The summed E-state index contributed by atoms with van der Waals surface area (Å²) in [5, 5.41) is 14.6. The minimum absolute atomic E-state index is 0.0470. The third kappa shape index (κ3) is 4.32. The van der Waals surface area contributed by atoms with Crippen LogP contribution in [0.3, 0.4) is 0 Å². The van der Waals surface area contributed by atoms with E-state index in [9.17, 15) is 9.90 Å². The number of hydrogen-bond donors (Lipinski definition) is 1. The molecule has 0 spiro atoms. The molecule has 7 nitrogen and oxygen atoms in total. The van der Waals surface area contributed by atoms with Crippen LogP contribution in [0.2, 0.25) is 0 Å². The first-order chi connectivity index (χ1) is 14.7. The maximum Gasteiger partial charge on any atom is 0.212 e. The van der Waals surface area contributed by atoms with Crippen LogP contribution in [-0.4, -0.2) is 37.6 Å². The van der Waals surface area contributed by atoms with Crippen LogP contribution in [0, 0.1) is 6.92 Å². The number of hydrogen-bond acceptors (Lipinski definition) is 6. The van der Waals surface area contributed by atoms with E-state index in [0.29, 0.717) is 22.8 Å². The smallest absolute Gasteiger partial charge is 0.212 e. The molecular weight excluding hydrogens is 392 g/mol. The highest BCUT2D eigenvalue weighted by Crippen LogP contribution is 2.24. The standard InChI is InChI=1S/C24H24N4O3/c1-15-11-22-26-19(13-21(29)16-5-8-18(9-6-16)24(2,3)30)12-20(28(22)27-15)17-7-10-23(31-4)25-14-17/h5-12,14,30H,13H2,1-4H3. The van der Waals surface area contributed by atoms with Gasteiger partial charge in [0.05, 0.1) is 36.2 Å². The molecule has 0 fully saturated rings. The fraction of sp³-hybridized carbons (Fsp3) is 0.250. The lowest BCUT2D eigenvalue weighted by molar-refractivity contribution is 0.0784. The summed E-state index contributed by atoms with van der Waals surface area (Å²) < 4.78 is 6.90. The van der Waals surface area contributed by atoms with Crippen LogP contribution in [0.1, 0.15) is 41.2 Å². The highest BCUT2D eigenvalue weighted by Gasteiger charge is 2.18. The predicted octanol–water partition coefficient (Wildman–Crippen LogP) is 3.76. The first-order valence-electron chi connectivity index (χ1n) is 9.97. The van der Waals surface area contributed by atoms with E-state index in [1.54, 1.807) is 62.0 Å². The van der Waals surface area contributed by atoms with E-state index in [1.165, 1.54) is 0 Å². The number of ketones is 1. The average Bonchev–Trinajstić information content (AvgIpc) is 3.12. The fourth-order valence-corrected chi connectivity index (χ4v) is 3.42. The molecule has 158 valence electrons. The second-order valence-corrected chi connectivity index (χ2v) is 8.01. The lowest BCUT2D eigenvalue weighted by atomic mass is 9.96. The van der Waals surface area contributed by atoms with E-state index < -0.39 is 5.60 Å². The Morgan fingerprint density at radius 1 is 1.13 bits per heavy atom. The quantitative estimate of drug-likeness (QED) is 0.482. The van der Waals surface area contributed by atoms with Crippen molar-refractivity contribution in [3.63, 3.8) is 0 Å². The fourth-order valence-electron chi connectivity index (χ4n) is 3.42. The Bertz CT molecular complexity index is 1240. The van der Waals surface area contributed by atoms with Crippen LogP contribution in [-0.2, 0) is 12.0 Å². The van der Waals surface area contributed by atoms with Crippen LogP contribution < -0.4 is 4.74 Å². The number of aryl methyl sites for hydroxylation is 1. The Morgan fingerprint density at radius 3 is 2.48 bits per heavy atom. The average molecular weight is 416 g/mol. The number of methoxy groups -OCH3 is 1. The molecule has 0 aliphatic carbocycles. The predicted molar refractivity (Wildman–Crippen MR) is 117 cm³/mol. The van der Waals surface area contributed by atoms with E-state index in [2.05, 4.69) is 15.1 Å². The monoisotopic (exact) mass is 416 g/mol. The zero-order valence-electron chi connectivity index (χ0n) is 18.0. The Labute approximate surface area is 180 Å². The number of aliphatic hydroxyl groups is 1. The summed E-state index contributed by atoms with van der Waals surface area (Å²) in [4.78, 5) is 21.8. The topological polar surface area (TPSA) is 89.6 Å². The van der Waals surface area contributed by atoms with Crippen molar-refractivity contribution in [1.29, 1.82) is 0 Å². The first-order valence-corrected chi connectivity index (χ1v) is 9.97. The van der Waals surface area contributed by atoms with E-state index >= 15 is 0 Å². The first kappa shape index (κ1) is 20.7. The van der Waals surface area contributed by atoms with Crippen molar-refractivity contribution < 1.29 is 14.6 Å². The molecule has 4 aromatic rings. The molecule has 31 heavy (non-hydrogen) atoms. The molecule has 0 atom stereocenters. The number of aromatic nitrogens is 4. The molecule has 1 aromatic carbocycles. The van der Waals surface area contributed by atoms with E-state index in [4.69, 9.17) is 4.74 Å². The summed E-state index contributed by atoms with van der Waals surface area (Å²) in [5.74, 6) is 0.477. The molecule has 4 rings (SSSR count). The second-order valence-electron chi connectivity index (χ2n) is 8.01. The largest absolute Gasteiger partial charge is 0.481 e. The molecule has 0 aliphatic rings. The van der Waals surface area contributed by atoms with Crippen molar-refractivity contribution in [1.82, 2.24) is 19.6 Å². The van der Waals surface area contributed by atoms with Gasteiger partial charge in [0.25, 0.3) is 0 Å². The molecule has 3 heterocycles. The Balaban J connectivity index is 1.68. The maximum absolute atomic E-state index is 12.9. The molecule has 0 bridgehead atoms. The summed E-state index contributed by atoms with van der Waals surface area (Å²) in [6, 6.07) is 14.5. The van der Waals surface area contributed by atoms with Crippen molar-refractivity contribution in [2.45, 2.75) is 32.8 Å². The van der Waals surface area contributed by atoms with Gasteiger partial charge in [-0.3, -0.25) is 4.79 Å². The number of carbonyl (C=O) groups is 1. The maximum atomic E-state index is 12.9. The molecule has 3 aromatic heterocycles. The van der Waals surface area contributed by atoms with Gasteiger partial charge >= 0.3 is 0 Å². The third-order valence-corrected chi connectivity index (χ3v) is 5.10. The van der Waals surface area contributed by atoms with Gasteiger partial charge in [-0.25, -0.2) is 14.5 Å². The summed E-state index contributed by atoms with van der Waals surface area (Å²) in [7, 11) is 1.57.